The molecule has 2 aromatic carbocycles. The van der Waals surface area contributed by atoms with Gasteiger partial charge in [-0.05, 0) is 51.2 Å². The van der Waals surface area contributed by atoms with Crippen LogP contribution in [0.1, 0.15) is 35.6 Å². The topological polar surface area (TPSA) is 54.3 Å². The maximum absolute atomic E-state index is 14.0. The quantitative estimate of drug-likeness (QED) is 0.198. The summed E-state index contributed by atoms with van der Waals surface area (Å²) in [5.41, 5.74) is 3.86. The minimum absolute atomic E-state index is 0.00581. The van der Waals surface area contributed by atoms with Crippen LogP contribution in [0.2, 0.25) is 0 Å². The Hall–Kier alpha value is -3.33. The molecule has 0 unspecified atom stereocenters. The molecule has 5 aromatic rings. The third-order valence-electron chi connectivity index (χ3n) is 6.54. The maximum Gasteiger partial charge on any atom is 0.270 e. The van der Waals surface area contributed by atoms with E-state index < -0.39 is 0 Å². The highest BCUT2D eigenvalue weighted by molar-refractivity contribution is 7.20. The Morgan fingerprint density at radius 1 is 0.973 bits per heavy atom. The summed E-state index contributed by atoms with van der Waals surface area (Å²) >= 11 is 3.02. The number of amides is 1. The van der Waals surface area contributed by atoms with Crippen LogP contribution in [0, 0.1) is 6.92 Å². The number of hydrogen-bond donors (Lipinski definition) is 0. The van der Waals surface area contributed by atoms with Crippen molar-refractivity contribution in [1.82, 2.24) is 19.7 Å². The first kappa shape index (κ1) is 25.3. The van der Waals surface area contributed by atoms with Gasteiger partial charge >= 0.3 is 0 Å². The van der Waals surface area contributed by atoms with Gasteiger partial charge in [-0.2, -0.15) is 5.10 Å². The molecule has 0 atom stereocenters. The van der Waals surface area contributed by atoms with Gasteiger partial charge in [0, 0.05) is 22.9 Å². The Bertz CT molecular complexity index is 1470. The highest BCUT2D eigenvalue weighted by Crippen LogP contribution is 2.34. The molecule has 0 bridgehead atoms. The molecule has 8 heteroatoms. The zero-order valence-electron chi connectivity index (χ0n) is 21.4. The van der Waals surface area contributed by atoms with Crippen LogP contribution < -0.4 is 4.90 Å². The fourth-order valence-electron chi connectivity index (χ4n) is 4.44. The second kappa shape index (κ2) is 11.4. The molecular formula is C29H31N5OS2. The maximum atomic E-state index is 14.0. The number of aromatic nitrogens is 3. The number of carbonyl (C=O) groups is 1. The van der Waals surface area contributed by atoms with Crippen LogP contribution in [0.25, 0.3) is 27.2 Å². The van der Waals surface area contributed by atoms with Crippen molar-refractivity contribution in [2.24, 2.45) is 0 Å². The van der Waals surface area contributed by atoms with Crippen LogP contribution in [0.4, 0.5) is 5.13 Å². The van der Waals surface area contributed by atoms with Gasteiger partial charge in [0.25, 0.3) is 5.91 Å². The first-order valence-corrected chi connectivity index (χ1v) is 14.4. The number of rotatable bonds is 10. The summed E-state index contributed by atoms with van der Waals surface area (Å²) in [6.45, 7) is 9.93. The Morgan fingerprint density at radius 3 is 2.38 bits per heavy atom. The lowest BCUT2D eigenvalue weighted by molar-refractivity contribution is 0.0989. The highest BCUT2D eigenvalue weighted by Gasteiger charge is 2.25. The van der Waals surface area contributed by atoms with Crippen molar-refractivity contribution >= 4 is 43.9 Å². The molecule has 190 valence electrons. The van der Waals surface area contributed by atoms with Crippen molar-refractivity contribution in [3.63, 3.8) is 0 Å². The van der Waals surface area contributed by atoms with E-state index in [1.165, 1.54) is 22.7 Å². The van der Waals surface area contributed by atoms with E-state index in [-0.39, 0.29) is 5.91 Å². The van der Waals surface area contributed by atoms with Crippen molar-refractivity contribution in [3.8, 4) is 16.9 Å². The number of para-hydroxylation sites is 1. The summed E-state index contributed by atoms with van der Waals surface area (Å²) in [6, 6.07) is 22.2. The summed E-state index contributed by atoms with van der Waals surface area (Å²) in [5, 5.41) is 8.53. The van der Waals surface area contributed by atoms with Crippen LogP contribution in [0.5, 0.6) is 0 Å². The Morgan fingerprint density at radius 2 is 1.68 bits per heavy atom. The average molecular weight is 530 g/mol. The van der Waals surface area contributed by atoms with E-state index in [9.17, 15) is 4.79 Å². The first-order valence-electron chi connectivity index (χ1n) is 12.7. The van der Waals surface area contributed by atoms with Crippen LogP contribution >= 0.6 is 22.7 Å². The first-order chi connectivity index (χ1) is 18.1. The minimum atomic E-state index is -0.00581. The van der Waals surface area contributed by atoms with Gasteiger partial charge in [-0.15, -0.1) is 22.7 Å². The second-order valence-electron chi connectivity index (χ2n) is 8.88. The average Bonchev–Trinajstić information content (AvgIpc) is 3.67. The lowest BCUT2D eigenvalue weighted by Crippen LogP contribution is -2.34. The number of thiazole rings is 1. The predicted octanol–water partition coefficient (Wildman–Crippen LogP) is 6.90. The van der Waals surface area contributed by atoms with Crippen molar-refractivity contribution in [1.29, 1.82) is 0 Å². The van der Waals surface area contributed by atoms with E-state index in [4.69, 9.17) is 10.1 Å². The van der Waals surface area contributed by atoms with E-state index in [1.807, 2.05) is 76.5 Å². The molecule has 3 aromatic heterocycles. The van der Waals surface area contributed by atoms with E-state index in [0.29, 0.717) is 11.4 Å². The molecule has 0 saturated heterocycles. The van der Waals surface area contributed by atoms with Crippen molar-refractivity contribution < 1.29 is 4.79 Å². The number of thiophene rings is 1. The van der Waals surface area contributed by atoms with E-state index in [1.54, 1.807) is 0 Å². The van der Waals surface area contributed by atoms with Crippen molar-refractivity contribution in [2.75, 3.05) is 31.1 Å². The number of aryl methyl sites for hydroxylation is 1. The SMILES string of the molecule is CCN(CC)CCCN(C(=O)c1cc2c(C)nn(-c3ccccc3)c2s1)c1nc(-c2ccccc2)cs1. The third-order valence-corrected chi connectivity index (χ3v) is 8.51. The van der Waals surface area contributed by atoms with Gasteiger partial charge in [0.05, 0.1) is 22.0 Å². The molecule has 0 spiro atoms. The standard InChI is InChI=1S/C29H31N5OS2/c1-4-32(5-2)17-12-18-33(29-30-25(20-36-29)22-13-8-6-9-14-22)27(35)26-19-24-21(3)31-34(28(24)37-26)23-15-10-7-11-16-23/h6-11,13-16,19-20H,4-5,12,17-18H2,1-3H3. The van der Waals surface area contributed by atoms with Crippen LogP contribution in [0.3, 0.4) is 0 Å². The van der Waals surface area contributed by atoms with Gasteiger partial charge < -0.3 is 4.90 Å². The van der Waals surface area contributed by atoms with Gasteiger partial charge in [0.1, 0.15) is 4.83 Å². The number of hydrogen-bond acceptors (Lipinski definition) is 6. The number of benzene rings is 2. The zero-order chi connectivity index (χ0) is 25.8. The Kier molecular flexibility index (Phi) is 7.79. The molecule has 6 nitrogen and oxygen atoms in total. The molecule has 0 N–H and O–H groups in total. The van der Waals surface area contributed by atoms with Gasteiger partial charge in [-0.3, -0.25) is 9.69 Å². The monoisotopic (exact) mass is 529 g/mol. The molecule has 0 aliphatic heterocycles. The molecule has 37 heavy (non-hydrogen) atoms. The van der Waals surface area contributed by atoms with Crippen molar-refractivity contribution in [3.05, 3.63) is 82.7 Å². The smallest absolute Gasteiger partial charge is 0.270 e. The third kappa shape index (κ3) is 5.37. The molecule has 0 saturated carbocycles. The summed E-state index contributed by atoms with van der Waals surface area (Å²) in [6.07, 6.45) is 0.884. The van der Waals surface area contributed by atoms with Crippen LogP contribution in [0.15, 0.2) is 72.1 Å². The van der Waals surface area contributed by atoms with E-state index in [0.717, 1.165) is 64.0 Å². The van der Waals surface area contributed by atoms with Crippen molar-refractivity contribution in [2.45, 2.75) is 27.2 Å². The molecule has 0 radical (unpaired) electrons. The number of fused-ring (bicyclic) bond motifs is 1. The highest BCUT2D eigenvalue weighted by atomic mass is 32.1. The van der Waals surface area contributed by atoms with Crippen LogP contribution in [-0.4, -0.2) is 51.8 Å². The van der Waals surface area contributed by atoms with Crippen LogP contribution in [-0.2, 0) is 0 Å². The predicted molar refractivity (Wildman–Crippen MR) is 155 cm³/mol. The molecular weight excluding hydrogens is 498 g/mol. The second-order valence-corrected chi connectivity index (χ2v) is 10.7. The molecule has 1 amide bonds. The van der Waals surface area contributed by atoms with Gasteiger partial charge in [-0.25, -0.2) is 9.67 Å². The normalized spacial score (nSPS) is 11.5. The number of nitrogens with zero attached hydrogens (tertiary/aromatic N) is 5. The summed E-state index contributed by atoms with van der Waals surface area (Å²) < 4.78 is 1.94. The molecule has 3 heterocycles. The number of carbonyl (C=O) groups excluding carboxylic acids is 1. The summed E-state index contributed by atoms with van der Waals surface area (Å²) in [5.74, 6) is -0.00581. The molecule has 0 aliphatic rings. The van der Waals surface area contributed by atoms with Gasteiger partial charge in [-0.1, -0.05) is 62.4 Å². The molecule has 5 rings (SSSR count). The lowest BCUT2D eigenvalue weighted by atomic mass is 10.2. The fraction of sp³-hybridized carbons (Fsp3) is 0.276. The molecule has 0 aliphatic carbocycles. The van der Waals surface area contributed by atoms with Gasteiger partial charge in [0.15, 0.2) is 5.13 Å². The Balaban J connectivity index is 1.47. The summed E-state index contributed by atoms with van der Waals surface area (Å²) in [4.78, 5) is 24.8. The minimum Gasteiger partial charge on any atom is -0.304 e. The van der Waals surface area contributed by atoms with E-state index in [2.05, 4.69) is 30.9 Å². The molecule has 0 fully saturated rings. The Labute approximate surface area is 225 Å². The lowest BCUT2D eigenvalue weighted by Gasteiger charge is -2.22. The number of anilines is 1. The largest absolute Gasteiger partial charge is 0.304 e. The zero-order valence-corrected chi connectivity index (χ0v) is 23.1. The fourth-order valence-corrected chi connectivity index (χ4v) is 6.43. The van der Waals surface area contributed by atoms with E-state index >= 15 is 0 Å². The van der Waals surface area contributed by atoms with Gasteiger partial charge in [0.2, 0.25) is 0 Å². The summed E-state index contributed by atoms with van der Waals surface area (Å²) in [7, 11) is 0.